The molecule has 2 aromatic rings. The quantitative estimate of drug-likeness (QED) is 0.865. The molecule has 0 spiro atoms. The van der Waals surface area contributed by atoms with E-state index in [0.29, 0.717) is 12.1 Å². The molecule has 1 fully saturated rings. The Kier molecular flexibility index (Phi) is 6.17. The van der Waals surface area contributed by atoms with Gasteiger partial charge in [0.05, 0.1) is 11.6 Å². The van der Waals surface area contributed by atoms with Crippen LogP contribution in [0.5, 0.6) is 0 Å². The van der Waals surface area contributed by atoms with Gasteiger partial charge in [-0.15, -0.1) is 0 Å². The number of rotatable bonds is 6. The van der Waals surface area contributed by atoms with Gasteiger partial charge in [0, 0.05) is 39.2 Å². The first-order valence-corrected chi connectivity index (χ1v) is 9.20. The number of carbonyl (C=O) groups excluding carboxylic acids is 1. The van der Waals surface area contributed by atoms with Gasteiger partial charge in [-0.05, 0) is 49.7 Å². The standard InChI is InChI=1S/C20H27N5O/c1-24(2)19-9-8-17(14-22-19)20(26)23-15-18(16-7-6-10-21-13-16)25-11-4-3-5-12-25/h6-10,13-14,18H,3-5,11-12,15H2,1-2H3,(H,23,26)/t18-/m1/s1. The summed E-state index contributed by atoms with van der Waals surface area (Å²) in [6, 6.07) is 7.88. The molecular weight excluding hydrogens is 326 g/mol. The van der Waals surface area contributed by atoms with Crippen LogP contribution in [0.2, 0.25) is 0 Å². The fraction of sp³-hybridized carbons (Fsp3) is 0.450. The van der Waals surface area contributed by atoms with Crippen LogP contribution < -0.4 is 10.2 Å². The number of aromatic nitrogens is 2. The molecule has 3 rings (SSSR count). The van der Waals surface area contributed by atoms with E-state index in [1.807, 2.05) is 43.4 Å². The fourth-order valence-corrected chi connectivity index (χ4v) is 3.34. The van der Waals surface area contributed by atoms with E-state index in [4.69, 9.17) is 0 Å². The van der Waals surface area contributed by atoms with Crippen LogP contribution in [0, 0.1) is 0 Å². The van der Waals surface area contributed by atoms with Crippen molar-refractivity contribution in [1.29, 1.82) is 0 Å². The molecule has 1 amide bonds. The van der Waals surface area contributed by atoms with Crippen molar-refractivity contribution in [3.63, 3.8) is 0 Å². The van der Waals surface area contributed by atoms with Gasteiger partial charge in [-0.3, -0.25) is 14.7 Å². The molecule has 0 saturated carbocycles. The molecule has 3 heterocycles. The second kappa shape index (κ2) is 8.76. The average Bonchev–Trinajstić information content (AvgIpc) is 2.69. The highest BCUT2D eigenvalue weighted by Crippen LogP contribution is 2.23. The van der Waals surface area contributed by atoms with Crippen LogP contribution in [0.1, 0.15) is 41.2 Å². The molecule has 1 aliphatic heterocycles. The number of amides is 1. The van der Waals surface area contributed by atoms with Crippen LogP contribution in [0.25, 0.3) is 0 Å². The molecule has 6 heteroatoms. The molecule has 0 bridgehead atoms. The number of nitrogens with zero attached hydrogens (tertiary/aromatic N) is 4. The molecule has 0 unspecified atom stereocenters. The molecule has 26 heavy (non-hydrogen) atoms. The Balaban J connectivity index is 1.67. The van der Waals surface area contributed by atoms with Crippen LogP contribution in [0.4, 0.5) is 5.82 Å². The predicted molar refractivity (Wildman–Crippen MR) is 103 cm³/mol. The lowest BCUT2D eigenvalue weighted by molar-refractivity contribution is 0.0924. The number of anilines is 1. The van der Waals surface area contributed by atoms with Crippen molar-refractivity contribution < 1.29 is 4.79 Å². The summed E-state index contributed by atoms with van der Waals surface area (Å²) >= 11 is 0. The molecular formula is C20H27N5O. The summed E-state index contributed by atoms with van der Waals surface area (Å²) < 4.78 is 0. The molecule has 1 aliphatic rings. The maximum absolute atomic E-state index is 12.5. The highest BCUT2D eigenvalue weighted by molar-refractivity contribution is 5.94. The monoisotopic (exact) mass is 353 g/mol. The summed E-state index contributed by atoms with van der Waals surface area (Å²) in [6.07, 6.45) is 9.02. The number of hydrogen-bond donors (Lipinski definition) is 1. The molecule has 0 aromatic carbocycles. The third-order valence-corrected chi connectivity index (χ3v) is 4.82. The van der Waals surface area contributed by atoms with E-state index in [1.54, 1.807) is 12.4 Å². The summed E-state index contributed by atoms with van der Waals surface area (Å²) in [4.78, 5) is 25.5. The predicted octanol–water partition coefficient (Wildman–Crippen LogP) is 2.50. The summed E-state index contributed by atoms with van der Waals surface area (Å²) in [6.45, 7) is 2.70. The van der Waals surface area contributed by atoms with Gasteiger partial charge in [0.25, 0.3) is 5.91 Å². The van der Waals surface area contributed by atoms with Gasteiger partial charge in [-0.25, -0.2) is 4.98 Å². The Morgan fingerprint density at radius 1 is 1.19 bits per heavy atom. The van der Waals surface area contributed by atoms with Crippen molar-refractivity contribution in [2.75, 3.05) is 38.6 Å². The zero-order valence-electron chi connectivity index (χ0n) is 15.6. The molecule has 0 radical (unpaired) electrons. The van der Waals surface area contributed by atoms with E-state index in [0.717, 1.165) is 24.5 Å². The molecule has 2 aromatic heterocycles. The van der Waals surface area contributed by atoms with Gasteiger partial charge in [-0.2, -0.15) is 0 Å². The smallest absolute Gasteiger partial charge is 0.252 e. The van der Waals surface area contributed by atoms with Crippen LogP contribution in [0.3, 0.4) is 0 Å². The Labute approximate surface area is 155 Å². The minimum absolute atomic E-state index is 0.0892. The number of pyridine rings is 2. The molecule has 0 aliphatic carbocycles. The maximum Gasteiger partial charge on any atom is 0.252 e. The highest BCUT2D eigenvalue weighted by Gasteiger charge is 2.23. The molecule has 1 N–H and O–H groups in total. The van der Waals surface area contributed by atoms with Gasteiger partial charge in [0.2, 0.25) is 0 Å². The van der Waals surface area contributed by atoms with E-state index < -0.39 is 0 Å². The van der Waals surface area contributed by atoms with Gasteiger partial charge in [0.15, 0.2) is 0 Å². The van der Waals surface area contributed by atoms with Gasteiger partial charge >= 0.3 is 0 Å². The van der Waals surface area contributed by atoms with Gasteiger partial charge < -0.3 is 10.2 Å². The second-order valence-electron chi connectivity index (χ2n) is 6.91. The van der Waals surface area contributed by atoms with Crippen molar-refractivity contribution in [3.05, 3.63) is 54.0 Å². The first-order chi connectivity index (χ1) is 12.6. The zero-order chi connectivity index (χ0) is 18.4. The van der Waals surface area contributed by atoms with Crippen LogP contribution in [0.15, 0.2) is 42.9 Å². The Hall–Kier alpha value is -2.47. The summed E-state index contributed by atoms with van der Waals surface area (Å²) in [5.74, 6) is 0.747. The lowest BCUT2D eigenvalue weighted by Crippen LogP contribution is -2.40. The van der Waals surface area contributed by atoms with E-state index in [9.17, 15) is 4.79 Å². The molecule has 138 valence electrons. The number of nitrogens with one attached hydrogen (secondary N) is 1. The van der Waals surface area contributed by atoms with E-state index in [-0.39, 0.29) is 11.9 Å². The van der Waals surface area contributed by atoms with Crippen molar-refractivity contribution in [2.24, 2.45) is 0 Å². The first kappa shape index (κ1) is 18.3. The third kappa shape index (κ3) is 4.58. The van der Waals surface area contributed by atoms with E-state index in [1.165, 1.54) is 19.3 Å². The third-order valence-electron chi connectivity index (χ3n) is 4.82. The minimum atomic E-state index is -0.0892. The average molecular weight is 353 g/mol. The lowest BCUT2D eigenvalue weighted by atomic mass is 10.0. The molecule has 6 nitrogen and oxygen atoms in total. The van der Waals surface area contributed by atoms with E-state index >= 15 is 0 Å². The molecule has 1 saturated heterocycles. The zero-order valence-corrected chi connectivity index (χ0v) is 15.6. The van der Waals surface area contributed by atoms with Gasteiger partial charge in [-0.1, -0.05) is 12.5 Å². The largest absolute Gasteiger partial charge is 0.363 e. The summed E-state index contributed by atoms with van der Waals surface area (Å²) in [7, 11) is 3.86. The Morgan fingerprint density at radius 2 is 2.00 bits per heavy atom. The van der Waals surface area contributed by atoms with Crippen molar-refractivity contribution in [3.8, 4) is 0 Å². The summed E-state index contributed by atoms with van der Waals surface area (Å²) in [5.41, 5.74) is 1.73. The van der Waals surface area contributed by atoms with Crippen LogP contribution >= 0.6 is 0 Å². The number of hydrogen-bond acceptors (Lipinski definition) is 5. The number of carbonyl (C=O) groups is 1. The van der Waals surface area contributed by atoms with Crippen molar-refractivity contribution in [2.45, 2.75) is 25.3 Å². The minimum Gasteiger partial charge on any atom is -0.363 e. The van der Waals surface area contributed by atoms with Crippen LogP contribution in [-0.4, -0.2) is 54.5 Å². The lowest BCUT2D eigenvalue weighted by Gasteiger charge is -2.34. The first-order valence-electron chi connectivity index (χ1n) is 9.20. The van der Waals surface area contributed by atoms with Crippen LogP contribution in [-0.2, 0) is 0 Å². The van der Waals surface area contributed by atoms with Crippen molar-refractivity contribution in [1.82, 2.24) is 20.2 Å². The number of piperidine rings is 1. The maximum atomic E-state index is 12.5. The van der Waals surface area contributed by atoms with E-state index in [2.05, 4.69) is 26.3 Å². The molecule has 1 atom stereocenters. The highest BCUT2D eigenvalue weighted by atomic mass is 16.1. The fourth-order valence-electron chi connectivity index (χ4n) is 3.34. The second-order valence-corrected chi connectivity index (χ2v) is 6.91. The Morgan fingerprint density at radius 3 is 2.62 bits per heavy atom. The SMILES string of the molecule is CN(C)c1ccc(C(=O)NC[C@H](c2cccnc2)N2CCCCC2)cn1. The summed E-state index contributed by atoms with van der Waals surface area (Å²) in [5, 5.41) is 3.08. The topological polar surface area (TPSA) is 61.4 Å². The number of likely N-dealkylation sites (tertiary alicyclic amines) is 1. The van der Waals surface area contributed by atoms with Gasteiger partial charge in [0.1, 0.15) is 5.82 Å². The normalized spacial score (nSPS) is 16.1. The Bertz CT molecular complexity index is 696. The van der Waals surface area contributed by atoms with Crippen molar-refractivity contribution >= 4 is 11.7 Å².